The summed E-state index contributed by atoms with van der Waals surface area (Å²) >= 11 is 1.52. The summed E-state index contributed by atoms with van der Waals surface area (Å²) in [7, 11) is 0. The van der Waals surface area contributed by atoms with Gasteiger partial charge in [0.25, 0.3) is 0 Å². The fourth-order valence-corrected chi connectivity index (χ4v) is 2.17. The fourth-order valence-electron chi connectivity index (χ4n) is 1.23. The van der Waals surface area contributed by atoms with E-state index in [4.69, 9.17) is 15.6 Å². The Kier molecular flexibility index (Phi) is 10.3. The minimum Gasteiger partial charge on any atom is -0.458 e. The van der Waals surface area contributed by atoms with Crippen molar-refractivity contribution >= 4 is 17.7 Å². The minimum atomic E-state index is -0.263. The molecular weight excluding hydrogens is 238 g/mol. The predicted octanol–water partition coefficient (Wildman–Crippen LogP) is 1.33. The maximum absolute atomic E-state index is 11.8. The number of esters is 1. The summed E-state index contributed by atoms with van der Waals surface area (Å²) in [4.78, 5) is 11.8. The van der Waals surface area contributed by atoms with Gasteiger partial charge in [-0.3, -0.25) is 4.79 Å². The van der Waals surface area contributed by atoms with Gasteiger partial charge >= 0.3 is 5.97 Å². The number of aliphatic hydroxyl groups is 1. The largest absolute Gasteiger partial charge is 0.458 e. The molecule has 2 atom stereocenters. The summed E-state index contributed by atoms with van der Waals surface area (Å²) in [6, 6.07) is 0. The van der Waals surface area contributed by atoms with Gasteiger partial charge in [-0.2, -0.15) is 0 Å². The molecule has 0 bridgehead atoms. The Morgan fingerprint density at radius 1 is 1.59 bits per heavy atom. The van der Waals surface area contributed by atoms with Gasteiger partial charge in [-0.25, -0.2) is 0 Å². The molecule has 0 aromatic carbocycles. The molecule has 2 unspecified atom stereocenters. The molecule has 0 saturated carbocycles. The molecule has 0 fully saturated rings. The molecule has 3 N–H and O–H groups in total. The topological polar surface area (TPSA) is 72.5 Å². The first kappa shape index (κ1) is 16.5. The summed E-state index contributed by atoms with van der Waals surface area (Å²) in [6.07, 6.45) is 3.58. The molecule has 0 aromatic heterocycles. The van der Waals surface area contributed by atoms with E-state index in [1.54, 1.807) is 13.0 Å². The monoisotopic (exact) mass is 261 g/mol. The average Bonchev–Trinajstić information content (AvgIpc) is 2.33. The summed E-state index contributed by atoms with van der Waals surface area (Å²) in [5.74, 6) is 0.523. The lowest BCUT2D eigenvalue weighted by Gasteiger charge is -2.17. The van der Waals surface area contributed by atoms with E-state index in [1.807, 2.05) is 0 Å². The van der Waals surface area contributed by atoms with E-state index >= 15 is 0 Å². The van der Waals surface area contributed by atoms with Gasteiger partial charge in [0, 0.05) is 18.9 Å². The number of hydrogen-bond donors (Lipinski definition) is 2. The molecule has 0 heterocycles. The predicted molar refractivity (Wildman–Crippen MR) is 72.0 cm³/mol. The lowest BCUT2D eigenvalue weighted by molar-refractivity contribution is -0.145. The van der Waals surface area contributed by atoms with Gasteiger partial charge in [0.2, 0.25) is 0 Å². The summed E-state index contributed by atoms with van der Waals surface area (Å²) < 4.78 is 5.21. The summed E-state index contributed by atoms with van der Waals surface area (Å²) in [5.41, 5.74) is 5.43. The fraction of sp³-hybridized carbons (Fsp3) is 0.750. The van der Waals surface area contributed by atoms with Crippen LogP contribution in [0.3, 0.4) is 0 Å². The standard InChI is InChI=1S/C12H23NO3S/c1-3-10(2)16-12(15)11(17-9-7-13)6-4-5-8-14/h3,10-11,14H,1,4-9,13H2,2H3. The molecular formula is C12H23NO3S. The number of thioether (sulfide) groups is 1. The zero-order valence-electron chi connectivity index (χ0n) is 10.4. The molecule has 0 aromatic rings. The van der Waals surface area contributed by atoms with Crippen molar-refractivity contribution in [2.45, 2.75) is 37.5 Å². The van der Waals surface area contributed by atoms with Gasteiger partial charge in [0.1, 0.15) is 11.4 Å². The van der Waals surface area contributed by atoms with Crippen LogP contribution in [0.4, 0.5) is 0 Å². The molecule has 0 radical (unpaired) electrons. The van der Waals surface area contributed by atoms with Crippen molar-refractivity contribution < 1.29 is 14.6 Å². The van der Waals surface area contributed by atoms with E-state index < -0.39 is 0 Å². The highest BCUT2D eigenvalue weighted by atomic mass is 32.2. The second-order valence-electron chi connectivity index (χ2n) is 3.75. The normalized spacial score (nSPS) is 14.1. The first-order valence-electron chi connectivity index (χ1n) is 5.91. The SMILES string of the molecule is C=CC(C)OC(=O)C(CCCCO)SCCN. The Morgan fingerprint density at radius 2 is 2.29 bits per heavy atom. The van der Waals surface area contributed by atoms with Crippen molar-refractivity contribution in [1.82, 2.24) is 0 Å². The molecule has 0 aliphatic heterocycles. The molecule has 5 heteroatoms. The molecule has 0 spiro atoms. The second kappa shape index (κ2) is 10.6. The molecule has 0 amide bonds. The zero-order chi connectivity index (χ0) is 13.1. The Bertz CT molecular complexity index is 224. The Balaban J connectivity index is 4.13. The van der Waals surface area contributed by atoms with Gasteiger partial charge < -0.3 is 15.6 Å². The third kappa shape index (κ3) is 8.24. The lowest BCUT2D eigenvalue weighted by Crippen LogP contribution is -2.25. The average molecular weight is 261 g/mol. The quantitative estimate of drug-likeness (QED) is 0.352. The first-order chi connectivity index (χ1) is 8.15. The van der Waals surface area contributed by atoms with Gasteiger partial charge in [0.15, 0.2) is 0 Å². The van der Waals surface area contributed by atoms with Gasteiger partial charge in [0.05, 0.1) is 0 Å². The maximum atomic E-state index is 11.8. The van der Waals surface area contributed by atoms with Crippen molar-refractivity contribution in [2.24, 2.45) is 5.73 Å². The van der Waals surface area contributed by atoms with Crippen LogP contribution < -0.4 is 5.73 Å². The number of carbonyl (C=O) groups excluding carboxylic acids is 1. The molecule has 0 saturated heterocycles. The third-order valence-electron chi connectivity index (χ3n) is 2.21. The number of ether oxygens (including phenoxy) is 1. The van der Waals surface area contributed by atoms with Crippen LogP contribution in [-0.4, -0.2) is 41.3 Å². The van der Waals surface area contributed by atoms with Crippen LogP contribution in [0.15, 0.2) is 12.7 Å². The van der Waals surface area contributed by atoms with Gasteiger partial charge in [-0.05, 0) is 26.2 Å². The number of nitrogens with two attached hydrogens (primary N) is 1. The van der Waals surface area contributed by atoms with E-state index in [0.717, 1.165) is 12.2 Å². The second-order valence-corrected chi connectivity index (χ2v) is 5.06. The molecule has 100 valence electrons. The van der Waals surface area contributed by atoms with Gasteiger partial charge in [-0.1, -0.05) is 12.7 Å². The van der Waals surface area contributed by atoms with Crippen LogP contribution in [0.1, 0.15) is 26.2 Å². The highest BCUT2D eigenvalue weighted by Crippen LogP contribution is 2.19. The van der Waals surface area contributed by atoms with E-state index in [-0.39, 0.29) is 23.9 Å². The third-order valence-corrected chi connectivity index (χ3v) is 3.51. The van der Waals surface area contributed by atoms with E-state index in [2.05, 4.69) is 6.58 Å². The Morgan fingerprint density at radius 3 is 2.82 bits per heavy atom. The number of aliphatic hydroxyl groups excluding tert-OH is 1. The smallest absolute Gasteiger partial charge is 0.319 e. The van der Waals surface area contributed by atoms with Crippen molar-refractivity contribution in [3.8, 4) is 0 Å². The van der Waals surface area contributed by atoms with Crippen LogP contribution >= 0.6 is 11.8 Å². The lowest BCUT2D eigenvalue weighted by atomic mass is 10.2. The van der Waals surface area contributed by atoms with Crippen LogP contribution in [0.2, 0.25) is 0 Å². The summed E-state index contributed by atoms with van der Waals surface area (Å²) in [6.45, 7) is 6.06. The molecule has 0 aliphatic carbocycles. The Hall–Kier alpha value is -0.520. The van der Waals surface area contributed by atoms with Crippen LogP contribution in [0.5, 0.6) is 0 Å². The number of hydrogen-bond acceptors (Lipinski definition) is 5. The molecule has 0 rings (SSSR count). The number of carbonyl (C=O) groups is 1. The van der Waals surface area contributed by atoms with Crippen molar-refractivity contribution in [3.05, 3.63) is 12.7 Å². The number of unbranched alkanes of at least 4 members (excludes halogenated alkanes) is 1. The summed E-state index contributed by atoms with van der Waals surface area (Å²) in [5, 5.41) is 8.53. The van der Waals surface area contributed by atoms with E-state index in [0.29, 0.717) is 19.4 Å². The highest BCUT2D eigenvalue weighted by molar-refractivity contribution is 8.00. The number of rotatable bonds is 10. The first-order valence-corrected chi connectivity index (χ1v) is 6.96. The zero-order valence-corrected chi connectivity index (χ0v) is 11.2. The molecule has 17 heavy (non-hydrogen) atoms. The Labute approximate surface area is 108 Å². The van der Waals surface area contributed by atoms with E-state index in [9.17, 15) is 4.79 Å². The van der Waals surface area contributed by atoms with Crippen LogP contribution in [0, 0.1) is 0 Å². The highest BCUT2D eigenvalue weighted by Gasteiger charge is 2.21. The van der Waals surface area contributed by atoms with E-state index in [1.165, 1.54) is 11.8 Å². The molecule has 4 nitrogen and oxygen atoms in total. The molecule has 0 aliphatic rings. The van der Waals surface area contributed by atoms with Crippen LogP contribution in [0.25, 0.3) is 0 Å². The van der Waals surface area contributed by atoms with Crippen molar-refractivity contribution in [3.63, 3.8) is 0 Å². The minimum absolute atomic E-state index is 0.159. The van der Waals surface area contributed by atoms with Gasteiger partial charge in [-0.15, -0.1) is 11.8 Å². The maximum Gasteiger partial charge on any atom is 0.319 e. The van der Waals surface area contributed by atoms with Crippen molar-refractivity contribution in [1.29, 1.82) is 0 Å². The van der Waals surface area contributed by atoms with Crippen LogP contribution in [-0.2, 0) is 9.53 Å². The van der Waals surface area contributed by atoms with Crippen molar-refractivity contribution in [2.75, 3.05) is 18.9 Å².